The van der Waals surface area contributed by atoms with Gasteiger partial charge in [0, 0.05) is 11.3 Å². The first-order valence-corrected chi connectivity index (χ1v) is 6.76. The smallest absolute Gasteiger partial charge is 0.353 e. The number of nitrogens with two attached hydrogens (primary N) is 1. The number of carbonyl (C=O) groups is 3. The molecule has 0 aromatic heterocycles. The molecule has 4 atom stereocenters. The van der Waals surface area contributed by atoms with Gasteiger partial charge in [0.2, 0.25) is 5.91 Å². The second kappa shape index (κ2) is 5.08. The number of hydrogen-bond donors (Lipinski definition) is 4. The Labute approximate surface area is 118 Å². The first kappa shape index (κ1) is 14.8. The van der Waals surface area contributed by atoms with Gasteiger partial charge >= 0.3 is 11.9 Å². The zero-order valence-electron chi connectivity index (χ0n) is 10.5. The number of carbonyl (C=O) groups excluding carboxylic acids is 1. The number of aliphatic hydroxyl groups excluding tert-OH is 1. The maximum absolute atomic E-state index is 11.9. The summed E-state index contributed by atoms with van der Waals surface area (Å²) < 4.78 is 0. The van der Waals surface area contributed by atoms with Gasteiger partial charge in [-0.15, -0.1) is 11.8 Å². The van der Waals surface area contributed by atoms with Gasteiger partial charge in [0.25, 0.3) is 0 Å². The molecule has 20 heavy (non-hydrogen) atoms. The van der Waals surface area contributed by atoms with Crippen LogP contribution in [-0.4, -0.2) is 55.6 Å². The van der Waals surface area contributed by atoms with Crippen LogP contribution in [0.2, 0.25) is 0 Å². The summed E-state index contributed by atoms with van der Waals surface area (Å²) >= 11 is 1.08. The summed E-state index contributed by atoms with van der Waals surface area (Å²) in [6.45, 7) is 1.46. The number of aliphatic hydroxyl groups is 1. The highest BCUT2D eigenvalue weighted by Crippen LogP contribution is 2.51. The van der Waals surface area contributed by atoms with E-state index in [1.54, 1.807) is 0 Å². The molecular formula is C11H14N2O6S. The maximum atomic E-state index is 11.9. The van der Waals surface area contributed by atoms with Gasteiger partial charge in [0.15, 0.2) is 0 Å². The average molecular weight is 302 g/mol. The van der Waals surface area contributed by atoms with Crippen LogP contribution in [0.15, 0.2) is 10.6 Å². The Kier molecular flexibility index (Phi) is 3.76. The van der Waals surface area contributed by atoms with Gasteiger partial charge in [-0.2, -0.15) is 0 Å². The lowest BCUT2D eigenvalue weighted by molar-refractivity contribution is -0.156. The van der Waals surface area contributed by atoms with Crippen LogP contribution < -0.4 is 5.73 Å². The highest BCUT2D eigenvalue weighted by molar-refractivity contribution is 8.04. The molecule has 2 heterocycles. The standard InChI is InChI=1S/C11H14N2O6S/c1-3(14)6-8(15)13-7(11(18)19)5(20-9(6)13)2-4(12)10(16)17/h3-4,6,9,14H,2,12H2,1H3,(H,16,17)(H,18,19)/t3?,4?,6?,9-/m0/s1. The molecule has 0 aromatic carbocycles. The zero-order valence-corrected chi connectivity index (χ0v) is 11.3. The van der Waals surface area contributed by atoms with Crippen molar-refractivity contribution >= 4 is 29.6 Å². The number of thioether (sulfide) groups is 1. The molecule has 1 fully saturated rings. The van der Waals surface area contributed by atoms with E-state index in [1.807, 2.05) is 0 Å². The highest BCUT2D eigenvalue weighted by atomic mass is 32.2. The highest BCUT2D eigenvalue weighted by Gasteiger charge is 2.57. The molecule has 5 N–H and O–H groups in total. The zero-order chi connectivity index (χ0) is 15.2. The van der Waals surface area contributed by atoms with Crippen molar-refractivity contribution in [1.82, 2.24) is 4.90 Å². The summed E-state index contributed by atoms with van der Waals surface area (Å²) in [4.78, 5) is 35.2. The van der Waals surface area contributed by atoms with E-state index in [0.29, 0.717) is 0 Å². The summed E-state index contributed by atoms with van der Waals surface area (Å²) in [7, 11) is 0. The molecule has 0 spiro atoms. The number of β-lactam (4-membered cyclic amide) rings is 1. The lowest BCUT2D eigenvalue weighted by Crippen LogP contribution is -2.60. The molecule has 0 saturated carbocycles. The predicted molar refractivity (Wildman–Crippen MR) is 68.3 cm³/mol. The van der Waals surface area contributed by atoms with Crippen LogP contribution in [0.5, 0.6) is 0 Å². The van der Waals surface area contributed by atoms with Crippen LogP contribution in [0.25, 0.3) is 0 Å². The van der Waals surface area contributed by atoms with Crippen molar-refractivity contribution in [3.05, 3.63) is 10.6 Å². The van der Waals surface area contributed by atoms with Crippen LogP contribution in [-0.2, 0) is 14.4 Å². The minimum Gasteiger partial charge on any atom is -0.480 e. The monoisotopic (exact) mass is 302 g/mol. The Morgan fingerprint density at radius 2 is 2.05 bits per heavy atom. The summed E-state index contributed by atoms with van der Waals surface area (Å²) in [6, 6.07) is -1.23. The Morgan fingerprint density at radius 3 is 2.50 bits per heavy atom. The predicted octanol–water partition coefficient (Wildman–Crippen LogP) is -1.00. The summed E-state index contributed by atoms with van der Waals surface area (Å²) in [5.41, 5.74) is 5.18. The fourth-order valence-electron chi connectivity index (χ4n) is 2.28. The molecule has 9 heteroatoms. The molecule has 0 bridgehead atoms. The van der Waals surface area contributed by atoms with Gasteiger partial charge in [0.05, 0.1) is 12.0 Å². The third-order valence-corrected chi connectivity index (χ3v) is 4.69. The third-order valence-electron chi connectivity index (χ3n) is 3.30. The largest absolute Gasteiger partial charge is 0.480 e. The van der Waals surface area contributed by atoms with Crippen LogP contribution >= 0.6 is 11.8 Å². The van der Waals surface area contributed by atoms with Crippen molar-refractivity contribution < 1.29 is 29.7 Å². The van der Waals surface area contributed by atoms with Crippen LogP contribution in [0, 0.1) is 5.92 Å². The van der Waals surface area contributed by atoms with E-state index in [-0.39, 0.29) is 17.0 Å². The fraction of sp³-hybridized carbons (Fsp3) is 0.545. The van der Waals surface area contributed by atoms with E-state index in [2.05, 4.69) is 0 Å². The second-order valence-corrected chi connectivity index (χ2v) is 5.92. The molecule has 1 saturated heterocycles. The molecular weight excluding hydrogens is 288 g/mol. The number of fused-ring (bicyclic) bond motifs is 1. The Balaban J connectivity index is 2.26. The molecule has 0 aliphatic carbocycles. The molecule has 2 rings (SSSR count). The average Bonchev–Trinajstić information content (AvgIpc) is 2.63. The van der Waals surface area contributed by atoms with Crippen molar-refractivity contribution in [3.63, 3.8) is 0 Å². The van der Waals surface area contributed by atoms with E-state index in [9.17, 15) is 24.6 Å². The van der Waals surface area contributed by atoms with E-state index in [0.717, 1.165) is 16.7 Å². The number of carboxylic acids is 2. The van der Waals surface area contributed by atoms with Gasteiger partial charge in [-0.25, -0.2) is 4.79 Å². The lowest BCUT2D eigenvalue weighted by Gasteiger charge is -2.43. The summed E-state index contributed by atoms with van der Waals surface area (Å²) in [5, 5.41) is 27.0. The second-order valence-electron chi connectivity index (χ2n) is 4.71. The number of aliphatic carboxylic acids is 2. The first-order chi connectivity index (χ1) is 9.25. The molecule has 0 aromatic rings. The van der Waals surface area contributed by atoms with Crippen molar-refractivity contribution in [2.45, 2.75) is 30.9 Å². The van der Waals surface area contributed by atoms with E-state index in [1.165, 1.54) is 6.92 Å². The number of rotatable bonds is 5. The molecule has 3 unspecified atom stereocenters. The molecule has 8 nitrogen and oxygen atoms in total. The molecule has 2 aliphatic heterocycles. The Bertz CT molecular complexity index is 517. The molecule has 2 aliphatic rings. The van der Waals surface area contributed by atoms with Gasteiger partial charge in [-0.3, -0.25) is 14.5 Å². The van der Waals surface area contributed by atoms with Gasteiger partial charge < -0.3 is 21.1 Å². The molecule has 110 valence electrons. The van der Waals surface area contributed by atoms with Gasteiger partial charge in [0.1, 0.15) is 17.1 Å². The van der Waals surface area contributed by atoms with Gasteiger partial charge in [-0.1, -0.05) is 0 Å². The van der Waals surface area contributed by atoms with Crippen LogP contribution in [0.3, 0.4) is 0 Å². The Hall–Kier alpha value is -1.58. The van der Waals surface area contributed by atoms with E-state index < -0.39 is 41.3 Å². The fourth-order valence-corrected chi connectivity index (χ4v) is 3.95. The SMILES string of the molecule is CC(O)C1C(=O)N2C(C(=O)O)=C(CC(N)C(=O)O)S[C@@H]12. The summed E-state index contributed by atoms with van der Waals surface area (Å²) in [5.74, 6) is -3.68. The van der Waals surface area contributed by atoms with Crippen LogP contribution in [0.4, 0.5) is 0 Å². The minimum absolute atomic E-state index is 0.158. The maximum Gasteiger partial charge on any atom is 0.353 e. The third kappa shape index (κ3) is 2.17. The minimum atomic E-state index is -1.30. The molecule has 0 radical (unpaired) electrons. The summed E-state index contributed by atoms with van der Waals surface area (Å²) in [6.07, 6.45) is -1.05. The quantitative estimate of drug-likeness (QED) is 0.474. The van der Waals surface area contributed by atoms with Crippen molar-refractivity contribution in [3.8, 4) is 0 Å². The topological polar surface area (TPSA) is 141 Å². The van der Waals surface area contributed by atoms with Crippen molar-refractivity contribution in [1.29, 1.82) is 0 Å². The van der Waals surface area contributed by atoms with Crippen LogP contribution in [0.1, 0.15) is 13.3 Å². The van der Waals surface area contributed by atoms with E-state index >= 15 is 0 Å². The van der Waals surface area contributed by atoms with Crippen molar-refractivity contribution in [2.75, 3.05) is 0 Å². The molecule has 1 amide bonds. The normalized spacial score (nSPS) is 27.9. The first-order valence-electron chi connectivity index (χ1n) is 5.88. The number of hydrogen-bond acceptors (Lipinski definition) is 6. The van der Waals surface area contributed by atoms with Crippen molar-refractivity contribution in [2.24, 2.45) is 11.7 Å². The number of nitrogens with zero attached hydrogens (tertiary/aromatic N) is 1. The van der Waals surface area contributed by atoms with E-state index in [4.69, 9.17) is 10.8 Å². The number of carboxylic acid groups (broad SMARTS) is 2. The lowest BCUT2D eigenvalue weighted by atomic mass is 9.92. The van der Waals surface area contributed by atoms with Gasteiger partial charge in [-0.05, 0) is 6.92 Å². The number of amides is 1. The Morgan fingerprint density at radius 1 is 1.45 bits per heavy atom.